The van der Waals surface area contributed by atoms with Crippen LogP contribution >= 0.6 is 0 Å². The summed E-state index contributed by atoms with van der Waals surface area (Å²) in [7, 11) is 3.27. The Morgan fingerprint density at radius 3 is 2.37 bits per heavy atom. The summed E-state index contributed by atoms with van der Waals surface area (Å²) in [5.74, 6) is 2.35. The van der Waals surface area contributed by atoms with Gasteiger partial charge in [0.1, 0.15) is 29.2 Å². The second-order valence-electron chi connectivity index (χ2n) is 4.10. The molecule has 0 bridgehead atoms. The van der Waals surface area contributed by atoms with Crippen LogP contribution in [0.2, 0.25) is 0 Å². The van der Waals surface area contributed by atoms with Gasteiger partial charge in [-0.15, -0.1) is 0 Å². The minimum absolute atomic E-state index is 0.699. The fourth-order valence-electron chi connectivity index (χ4n) is 2.15. The summed E-state index contributed by atoms with van der Waals surface area (Å²) in [5.41, 5.74) is 0.806. The zero-order valence-corrected chi connectivity index (χ0v) is 11.8. The summed E-state index contributed by atoms with van der Waals surface area (Å²) in [5, 5.41) is 0.947. The van der Waals surface area contributed by atoms with Crippen LogP contribution < -0.4 is 14.4 Å². The van der Waals surface area contributed by atoms with Gasteiger partial charge in [-0.1, -0.05) is 0 Å². The maximum Gasteiger partial charge on any atom is 0.148 e. The Morgan fingerprint density at radius 1 is 1.05 bits per heavy atom. The number of aromatic nitrogens is 2. The molecule has 1 aromatic heterocycles. The lowest BCUT2D eigenvalue weighted by Gasteiger charge is -2.21. The van der Waals surface area contributed by atoms with Crippen LogP contribution in [0.4, 0.5) is 5.82 Å². The Bertz CT molecular complexity index is 568. The Kier molecular flexibility index (Phi) is 4.04. The molecule has 0 N–H and O–H groups in total. The molecule has 0 aliphatic rings. The largest absolute Gasteiger partial charge is 0.497 e. The SMILES string of the molecule is CCN(CC)c1ncnc2c(OC)cc(OC)cc12. The quantitative estimate of drug-likeness (QED) is 0.827. The van der Waals surface area contributed by atoms with E-state index < -0.39 is 0 Å². The summed E-state index contributed by atoms with van der Waals surface area (Å²) < 4.78 is 10.7. The lowest BCUT2D eigenvalue weighted by molar-refractivity contribution is 0.397. The van der Waals surface area contributed by atoms with Gasteiger partial charge in [0.25, 0.3) is 0 Å². The van der Waals surface area contributed by atoms with Crippen LogP contribution in [-0.2, 0) is 0 Å². The predicted molar refractivity (Wildman–Crippen MR) is 76.2 cm³/mol. The van der Waals surface area contributed by atoms with Gasteiger partial charge in [-0.05, 0) is 19.9 Å². The molecular formula is C14H19N3O2. The van der Waals surface area contributed by atoms with Crippen LogP contribution in [0.25, 0.3) is 10.9 Å². The van der Waals surface area contributed by atoms with Gasteiger partial charge in [0.05, 0.1) is 19.6 Å². The van der Waals surface area contributed by atoms with Crippen LogP contribution in [0, 0.1) is 0 Å². The second-order valence-corrected chi connectivity index (χ2v) is 4.10. The molecule has 102 valence electrons. The maximum atomic E-state index is 5.38. The second kappa shape index (κ2) is 5.73. The van der Waals surface area contributed by atoms with E-state index in [-0.39, 0.29) is 0 Å². The van der Waals surface area contributed by atoms with Gasteiger partial charge in [-0.25, -0.2) is 9.97 Å². The molecule has 0 atom stereocenters. The highest BCUT2D eigenvalue weighted by molar-refractivity contribution is 5.94. The standard InChI is InChI=1S/C14H19N3O2/c1-5-17(6-2)14-11-7-10(18-3)8-12(19-4)13(11)15-9-16-14/h7-9H,5-6H2,1-4H3. The third-order valence-corrected chi connectivity index (χ3v) is 3.17. The molecule has 1 heterocycles. The molecule has 0 aliphatic heterocycles. The third-order valence-electron chi connectivity index (χ3n) is 3.17. The van der Waals surface area contributed by atoms with E-state index in [1.54, 1.807) is 20.5 Å². The van der Waals surface area contributed by atoms with E-state index in [4.69, 9.17) is 9.47 Å². The number of ether oxygens (including phenoxy) is 2. The summed E-state index contributed by atoms with van der Waals surface area (Å²) in [6.07, 6.45) is 1.57. The highest BCUT2D eigenvalue weighted by Gasteiger charge is 2.14. The van der Waals surface area contributed by atoms with Gasteiger partial charge >= 0.3 is 0 Å². The summed E-state index contributed by atoms with van der Waals surface area (Å²) in [6.45, 7) is 5.99. The normalized spacial score (nSPS) is 10.5. The molecule has 1 aromatic carbocycles. The Labute approximate surface area is 113 Å². The minimum atomic E-state index is 0.699. The molecule has 0 radical (unpaired) electrons. The molecule has 2 rings (SSSR count). The first kappa shape index (κ1) is 13.4. The Morgan fingerprint density at radius 2 is 1.79 bits per heavy atom. The third kappa shape index (κ3) is 2.41. The Hall–Kier alpha value is -2.04. The van der Waals surface area contributed by atoms with Crippen LogP contribution in [0.5, 0.6) is 11.5 Å². The van der Waals surface area contributed by atoms with Crippen molar-refractivity contribution in [1.29, 1.82) is 0 Å². The van der Waals surface area contributed by atoms with Crippen LogP contribution in [0.3, 0.4) is 0 Å². The van der Waals surface area contributed by atoms with E-state index in [9.17, 15) is 0 Å². The number of hydrogen-bond acceptors (Lipinski definition) is 5. The van der Waals surface area contributed by atoms with Crippen molar-refractivity contribution in [2.45, 2.75) is 13.8 Å². The van der Waals surface area contributed by atoms with Crippen LogP contribution in [-0.4, -0.2) is 37.3 Å². The van der Waals surface area contributed by atoms with Crippen molar-refractivity contribution in [2.75, 3.05) is 32.2 Å². The average Bonchev–Trinajstić information content (AvgIpc) is 2.47. The molecule has 5 nitrogen and oxygen atoms in total. The van der Waals surface area contributed by atoms with Crippen LogP contribution in [0.1, 0.15) is 13.8 Å². The summed E-state index contributed by atoms with van der Waals surface area (Å²) in [6, 6.07) is 3.78. The lowest BCUT2D eigenvalue weighted by Crippen LogP contribution is -2.23. The van der Waals surface area contributed by atoms with Crippen molar-refractivity contribution in [3.05, 3.63) is 18.5 Å². The van der Waals surface area contributed by atoms with Gasteiger partial charge in [-0.2, -0.15) is 0 Å². The molecule has 0 unspecified atom stereocenters. The molecule has 0 saturated carbocycles. The molecule has 19 heavy (non-hydrogen) atoms. The minimum Gasteiger partial charge on any atom is -0.497 e. The fraction of sp³-hybridized carbons (Fsp3) is 0.429. The molecule has 0 aliphatic carbocycles. The average molecular weight is 261 g/mol. The fourth-order valence-corrected chi connectivity index (χ4v) is 2.15. The molecular weight excluding hydrogens is 242 g/mol. The number of methoxy groups -OCH3 is 2. The first-order chi connectivity index (χ1) is 9.24. The number of nitrogens with zero attached hydrogens (tertiary/aromatic N) is 3. The lowest BCUT2D eigenvalue weighted by atomic mass is 10.2. The topological polar surface area (TPSA) is 47.5 Å². The van der Waals surface area contributed by atoms with E-state index in [2.05, 4.69) is 28.7 Å². The summed E-state index contributed by atoms with van der Waals surface area (Å²) in [4.78, 5) is 10.9. The summed E-state index contributed by atoms with van der Waals surface area (Å²) >= 11 is 0. The van der Waals surface area contributed by atoms with Crippen molar-refractivity contribution in [3.63, 3.8) is 0 Å². The Balaban J connectivity index is 2.72. The van der Waals surface area contributed by atoms with E-state index in [1.165, 1.54) is 0 Å². The highest BCUT2D eigenvalue weighted by atomic mass is 16.5. The zero-order chi connectivity index (χ0) is 13.8. The number of rotatable bonds is 5. The van der Waals surface area contributed by atoms with Crippen molar-refractivity contribution in [2.24, 2.45) is 0 Å². The number of benzene rings is 1. The van der Waals surface area contributed by atoms with Gasteiger partial charge in [0.15, 0.2) is 0 Å². The van der Waals surface area contributed by atoms with Crippen molar-refractivity contribution < 1.29 is 9.47 Å². The number of anilines is 1. The van der Waals surface area contributed by atoms with Gasteiger partial charge < -0.3 is 14.4 Å². The first-order valence-corrected chi connectivity index (χ1v) is 6.36. The maximum absolute atomic E-state index is 5.38. The predicted octanol–water partition coefficient (Wildman–Crippen LogP) is 2.49. The van der Waals surface area contributed by atoms with Crippen molar-refractivity contribution in [3.8, 4) is 11.5 Å². The van der Waals surface area contributed by atoms with E-state index in [0.717, 1.165) is 35.6 Å². The molecule has 5 heteroatoms. The smallest absolute Gasteiger partial charge is 0.148 e. The molecule has 0 amide bonds. The number of hydrogen-bond donors (Lipinski definition) is 0. The first-order valence-electron chi connectivity index (χ1n) is 6.36. The van der Waals surface area contributed by atoms with Gasteiger partial charge in [-0.3, -0.25) is 0 Å². The molecule has 0 saturated heterocycles. The molecule has 2 aromatic rings. The molecule has 0 fully saturated rings. The highest BCUT2D eigenvalue weighted by Crippen LogP contribution is 2.33. The van der Waals surface area contributed by atoms with Gasteiger partial charge in [0, 0.05) is 19.2 Å². The monoisotopic (exact) mass is 261 g/mol. The van der Waals surface area contributed by atoms with E-state index >= 15 is 0 Å². The zero-order valence-electron chi connectivity index (χ0n) is 11.8. The van der Waals surface area contributed by atoms with Crippen molar-refractivity contribution >= 4 is 16.7 Å². The van der Waals surface area contributed by atoms with E-state index in [1.807, 2.05) is 12.1 Å². The van der Waals surface area contributed by atoms with Crippen molar-refractivity contribution in [1.82, 2.24) is 9.97 Å². The van der Waals surface area contributed by atoms with Gasteiger partial charge in [0.2, 0.25) is 0 Å². The number of fused-ring (bicyclic) bond motifs is 1. The van der Waals surface area contributed by atoms with E-state index in [0.29, 0.717) is 5.75 Å². The molecule has 0 spiro atoms. The van der Waals surface area contributed by atoms with Crippen LogP contribution in [0.15, 0.2) is 18.5 Å².